The molecule has 4 aromatic carbocycles. The van der Waals surface area contributed by atoms with Gasteiger partial charge in [0.2, 0.25) is 0 Å². The van der Waals surface area contributed by atoms with Crippen molar-refractivity contribution < 1.29 is 54.0 Å². The predicted molar refractivity (Wildman–Crippen MR) is 100 cm³/mol. The summed E-state index contributed by atoms with van der Waals surface area (Å²) in [6, 6.07) is 26.5. The molecule has 2 nitrogen and oxygen atoms in total. The number of aromatic hydroxyl groups is 2. The Hall–Kier alpha value is -2.66. The van der Waals surface area contributed by atoms with Gasteiger partial charge in [0.1, 0.15) is 0 Å². The third-order valence-electron chi connectivity index (χ3n) is 2.97. The summed E-state index contributed by atoms with van der Waals surface area (Å²) in [7, 11) is 0. The number of halogens is 4. The van der Waals surface area contributed by atoms with Crippen LogP contribution < -0.4 is 0 Å². The van der Waals surface area contributed by atoms with E-state index in [9.17, 15) is 17.6 Å². The summed E-state index contributed by atoms with van der Waals surface area (Å²) in [5, 5.41) is 17.0. The van der Waals surface area contributed by atoms with Crippen molar-refractivity contribution in [2.45, 2.75) is 0 Å². The van der Waals surface area contributed by atoms with Crippen molar-refractivity contribution in [2.75, 3.05) is 0 Å². The van der Waals surface area contributed by atoms with Gasteiger partial charge < -0.3 is 10.2 Å². The van der Waals surface area contributed by atoms with Crippen LogP contribution in [0.1, 0.15) is 0 Å². The molecule has 0 aliphatic rings. The summed E-state index contributed by atoms with van der Waals surface area (Å²) in [6.45, 7) is 0. The normalized spacial score (nSPS) is 8.69. The fourth-order valence-electron chi connectivity index (χ4n) is 1.63. The second-order valence-electron chi connectivity index (χ2n) is 5.07. The van der Waals surface area contributed by atoms with Gasteiger partial charge in [-0.3, -0.25) is 0 Å². The minimum atomic E-state index is -1.20. The predicted octanol–water partition coefficient (Wildman–Crippen LogP) is 6.15. The van der Waals surface area contributed by atoms with Crippen LogP contribution in [-0.4, -0.2) is 10.2 Å². The first-order valence-electron chi connectivity index (χ1n) is 8.02. The smallest absolute Gasteiger partial charge is 0.505 e. The molecule has 7 heteroatoms. The second kappa shape index (κ2) is 15.3. The van der Waals surface area contributed by atoms with Gasteiger partial charge in [0.05, 0.1) is 0 Å². The molecule has 0 atom stereocenters. The van der Waals surface area contributed by atoms with Gasteiger partial charge in [0, 0.05) is 0 Å². The van der Waals surface area contributed by atoms with Crippen molar-refractivity contribution in [3.05, 3.63) is 120 Å². The van der Waals surface area contributed by atoms with Gasteiger partial charge in [-0.05, 0) is 24.3 Å². The average Bonchev–Trinajstić information content (AvgIpc) is 3.43. The van der Waals surface area contributed by atoms with Crippen molar-refractivity contribution in [1.82, 2.24) is 0 Å². The monoisotopic (exact) mass is 480 g/mol. The van der Waals surface area contributed by atoms with Crippen molar-refractivity contribution in [3.63, 3.8) is 0 Å². The minimum absolute atomic E-state index is 0. The Kier molecular flexibility index (Phi) is 13.9. The van der Waals surface area contributed by atoms with Crippen LogP contribution in [0, 0.1) is 23.3 Å². The van der Waals surface area contributed by atoms with E-state index in [1.165, 1.54) is 12.1 Å². The molecule has 150 valence electrons. The van der Waals surface area contributed by atoms with Crippen LogP contribution in [0.25, 0.3) is 0 Å². The van der Waals surface area contributed by atoms with E-state index in [-0.39, 0.29) is 26.2 Å². The van der Waals surface area contributed by atoms with Gasteiger partial charge in [-0.2, -0.15) is 45.2 Å². The summed E-state index contributed by atoms with van der Waals surface area (Å²) < 4.78 is 48.3. The molecule has 0 spiro atoms. The van der Waals surface area contributed by atoms with Crippen molar-refractivity contribution in [2.24, 2.45) is 0 Å². The molecule has 0 aromatic heterocycles. The summed E-state index contributed by atoms with van der Waals surface area (Å²) >= 11 is 0. The molecule has 4 aromatic rings. The summed E-state index contributed by atoms with van der Waals surface area (Å²) in [5.74, 6) is -5.77. The van der Waals surface area contributed by atoms with Crippen molar-refractivity contribution in [3.8, 4) is 11.5 Å². The topological polar surface area (TPSA) is 40.5 Å². The molecule has 4 rings (SSSR count). The van der Waals surface area contributed by atoms with Crippen LogP contribution in [0.2, 0.25) is 0 Å². The summed E-state index contributed by atoms with van der Waals surface area (Å²) in [4.78, 5) is 0. The Labute approximate surface area is 185 Å². The Balaban J connectivity index is 0.000000369. The maximum absolute atomic E-state index is 12.1. The number of phenolic OH excluding ortho intramolecular Hbond substituents is 2. The Morgan fingerprint density at radius 3 is 1.00 bits per heavy atom. The Morgan fingerprint density at radius 1 is 0.517 bits per heavy atom. The minimum Gasteiger partial charge on any atom is -0.505 e. The zero-order chi connectivity index (χ0) is 20.8. The molecule has 0 amide bonds. The number of hydrogen-bond donors (Lipinski definition) is 2. The molecule has 0 saturated heterocycles. The molecule has 0 heterocycles. The fourth-order valence-corrected chi connectivity index (χ4v) is 1.63. The number of rotatable bonds is 0. The molecule has 0 radical (unpaired) electrons. The van der Waals surface area contributed by atoms with E-state index in [2.05, 4.69) is 0 Å². The van der Waals surface area contributed by atoms with Gasteiger partial charge >= 0.3 is 26.2 Å². The molecule has 0 bridgehead atoms. The molecular weight excluding hydrogens is 463 g/mol. The largest absolute Gasteiger partial charge is 2.00 e. The molecule has 0 unspecified atom stereocenters. The van der Waals surface area contributed by atoms with Crippen LogP contribution >= 0.6 is 0 Å². The van der Waals surface area contributed by atoms with Crippen LogP contribution in [0.4, 0.5) is 17.6 Å². The summed E-state index contributed by atoms with van der Waals surface area (Å²) in [5.41, 5.74) is 0. The van der Waals surface area contributed by atoms with Gasteiger partial charge in [-0.1, -0.05) is 12.1 Å². The Morgan fingerprint density at radius 2 is 0.828 bits per heavy atom. The molecule has 0 aliphatic heterocycles. The van der Waals surface area contributed by atoms with Crippen LogP contribution in [0.15, 0.2) is 97.1 Å². The fraction of sp³-hybridized carbons (Fsp3) is 0. The SMILES string of the molecule is Oc1cccc(F)c1F.Oc1cccc(F)c1F.[Zr+2].c1cc[cH-]c1.c1cc[cH-]c1. The standard InChI is InChI=1S/2C6H4F2O.2C5H5.Zr/c2*7-4-2-1-3-5(9)6(4)8;2*1-2-4-5-3-1;/h2*1-3,9H;2*1-5H;/q;;2*-1;+2. The third kappa shape index (κ3) is 11.1. The van der Waals surface area contributed by atoms with E-state index >= 15 is 0 Å². The van der Waals surface area contributed by atoms with Crippen LogP contribution in [0.5, 0.6) is 11.5 Å². The average molecular weight is 482 g/mol. The second-order valence-corrected chi connectivity index (χ2v) is 5.07. The van der Waals surface area contributed by atoms with E-state index < -0.39 is 34.8 Å². The van der Waals surface area contributed by atoms with E-state index in [0.29, 0.717) is 0 Å². The van der Waals surface area contributed by atoms with Crippen molar-refractivity contribution >= 4 is 0 Å². The molecule has 0 fully saturated rings. The molecule has 2 N–H and O–H groups in total. The van der Waals surface area contributed by atoms with Gasteiger partial charge in [0.15, 0.2) is 34.8 Å². The first-order chi connectivity index (χ1) is 13.4. The van der Waals surface area contributed by atoms with Gasteiger partial charge in [-0.25, -0.2) is 33.0 Å². The maximum atomic E-state index is 12.1. The number of benzene rings is 2. The van der Waals surface area contributed by atoms with Crippen LogP contribution in [-0.2, 0) is 26.2 Å². The van der Waals surface area contributed by atoms with Crippen LogP contribution in [0.3, 0.4) is 0 Å². The van der Waals surface area contributed by atoms with E-state index in [0.717, 1.165) is 24.3 Å². The molecule has 0 aliphatic carbocycles. The van der Waals surface area contributed by atoms with Crippen molar-refractivity contribution in [1.29, 1.82) is 0 Å². The maximum Gasteiger partial charge on any atom is 2.00 e. The zero-order valence-electron chi connectivity index (χ0n) is 15.1. The third-order valence-corrected chi connectivity index (χ3v) is 2.97. The van der Waals surface area contributed by atoms with E-state index in [1.54, 1.807) is 0 Å². The number of hydrogen-bond acceptors (Lipinski definition) is 2. The first kappa shape index (κ1) is 26.3. The first-order valence-corrected chi connectivity index (χ1v) is 8.02. The quantitative estimate of drug-likeness (QED) is 0.234. The van der Waals surface area contributed by atoms with E-state index in [1.807, 2.05) is 60.7 Å². The van der Waals surface area contributed by atoms with Gasteiger partial charge in [-0.15, -0.1) is 0 Å². The summed E-state index contributed by atoms with van der Waals surface area (Å²) in [6.07, 6.45) is 0. The Bertz CT molecular complexity index is 745. The molecule has 29 heavy (non-hydrogen) atoms. The molecular formula is C22H18F4O2Zr. The molecule has 0 saturated carbocycles. The van der Waals surface area contributed by atoms with E-state index in [4.69, 9.17) is 10.2 Å². The number of phenols is 2. The van der Waals surface area contributed by atoms with Gasteiger partial charge in [0.25, 0.3) is 0 Å². The zero-order valence-corrected chi connectivity index (χ0v) is 17.6.